The van der Waals surface area contributed by atoms with Crippen LogP contribution in [0.5, 0.6) is 0 Å². The summed E-state index contributed by atoms with van der Waals surface area (Å²) in [6.07, 6.45) is 1.85. The Morgan fingerprint density at radius 3 is 2.52 bits per heavy atom. The third-order valence-electron chi connectivity index (χ3n) is 5.23. The summed E-state index contributed by atoms with van der Waals surface area (Å²) >= 11 is 0. The molecule has 2 heterocycles. The van der Waals surface area contributed by atoms with Crippen LogP contribution in [0.4, 0.5) is 5.95 Å². The number of amides is 1. The lowest BCUT2D eigenvalue weighted by molar-refractivity contribution is 0.0463. The van der Waals surface area contributed by atoms with E-state index >= 15 is 0 Å². The predicted molar refractivity (Wildman–Crippen MR) is 105 cm³/mol. The van der Waals surface area contributed by atoms with E-state index in [0.717, 1.165) is 24.1 Å². The van der Waals surface area contributed by atoms with Gasteiger partial charge in [-0.3, -0.25) is 4.79 Å². The molecular formula is C21H28N4O2. The highest BCUT2D eigenvalue weighted by molar-refractivity contribution is 5.92. The molecule has 6 nitrogen and oxygen atoms in total. The number of aromatic nitrogens is 2. The molecule has 0 spiro atoms. The van der Waals surface area contributed by atoms with Gasteiger partial charge in [-0.1, -0.05) is 44.2 Å². The number of hydrogen-bond donors (Lipinski definition) is 2. The lowest BCUT2D eigenvalue weighted by atomic mass is 9.88. The van der Waals surface area contributed by atoms with Gasteiger partial charge in [-0.2, -0.15) is 0 Å². The molecule has 1 aromatic carbocycles. The number of likely N-dealkylation sites (tertiary alicyclic amines) is 1. The third kappa shape index (κ3) is 4.83. The maximum atomic E-state index is 12.8. The van der Waals surface area contributed by atoms with Crippen LogP contribution in [0.25, 0.3) is 0 Å². The van der Waals surface area contributed by atoms with Gasteiger partial charge < -0.3 is 15.7 Å². The van der Waals surface area contributed by atoms with Gasteiger partial charge in [0.1, 0.15) is 5.69 Å². The number of aliphatic hydroxyl groups excluding tert-OH is 1. The van der Waals surface area contributed by atoms with Crippen molar-refractivity contribution in [1.29, 1.82) is 0 Å². The molecule has 1 fully saturated rings. The van der Waals surface area contributed by atoms with Crippen LogP contribution >= 0.6 is 0 Å². The Labute approximate surface area is 160 Å². The minimum absolute atomic E-state index is 0.109. The predicted octanol–water partition coefficient (Wildman–Crippen LogP) is 2.64. The molecule has 0 aliphatic carbocycles. The lowest BCUT2D eigenvalue weighted by Gasteiger charge is -2.34. The minimum Gasteiger partial charge on any atom is -0.392 e. The highest BCUT2D eigenvalue weighted by Gasteiger charge is 2.29. The standard InChI is InChI=1S/C21H28N4O2/c1-14(2)17-13-18(24-21(22)23-17)20(27)25-10-8-16(9-11-25)19(26)12-15-6-4-3-5-7-15/h3-7,13-14,16,19,26H,8-12H2,1-2H3,(H2,22,23,24). The second-order valence-corrected chi connectivity index (χ2v) is 7.58. The summed E-state index contributed by atoms with van der Waals surface area (Å²) in [5, 5.41) is 10.6. The zero-order chi connectivity index (χ0) is 19.4. The van der Waals surface area contributed by atoms with E-state index in [4.69, 9.17) is 5.73 Å². The largest absolute Gasteiger partial charge is 0.392 e. The van der Waals surface area contributed by atoms with E-state index in [9.17, 15) is 9.90 Å². The van der Waals surface area contributed by atoms with Gasteiger partial charge in [0.2, 0.25) is 5.95 Å². The van der Waals surface area contributed by atoms with Crippen LogP contribution in [0.3, 0.4) is 0 Å². The molecule has 2 aromatic rings. The van der Waals surface area contributed by atoms with Crippen molar-refractivity contribution in [3.63, 3.8) is 0 Å². The van der Waals surface area contributed by atoms with Gasteiger partial charge in [0.15, 0.2) is 0 Å². The maximum absolute atomic E-state index is 12.8. The Bertz CT molecular complexity index is 771. The molecule has 0 bridgehead atoms. The first-order valence-corrected chi connectivity index (χ1v) is 9.59. The molecule has 1 aromatic heterocycles. The Balaban J connectivity index is 1.59. The van der Waals surface area contributed by atoms with E-state index in [1.807, 2.05) is 44.2 Å². The van der Waals surface area contributed by atoms with Crippen LogP contribution in [0, 0.1) is 5.92 Å². The number of nitrogens with zero attached hydrogens (tertiary/aromatic N) is 3. The number of carbonyl (C=O) groups excluding carboxylic acids is 1. The Hall–Kier alpha value is -2.47. The van der Waals surface area contributed by atoms with Gasteiger partial charge in [0.25, 0.3) is 5.91 Å². The lowest BCUT2D eigenvalue weighted by Crippen LogP contribution is -2.42. The number of hydrogen-bond acceptors (Lipinski definition) is 5. The molecule has 1 atom stereocenters. The number of benzene rings is 1. The highest BCUT2D eigenvalue weighted by atomic mass is 16.3. The first-order valence-electron chi connectivity index (χ1n) is 9.59. The SMILES string of the molecule is CC(C)c1cc(C(=O)N2CCC(C(O)Cc3ccccc3)CC2)nc(N)n1. The Kier molecular flexibility index (Phi) is 6.06. The molecule has 27 heavy (non-hydrogen) atoms. The molecule has 0 saturated carbocycles. The van der Waals surface area contributed by atoms with E-state index in [2.05, 4.69) is 9.97 Å². The monoisotopic (exact) mass is 368 g/mol. The van der Waals surface area contributed by atoms with Gasteiger partial charge in [-0.25, -0.2) is 9.97 Å². The van der Waals surface area contributed by atoms with Crippen LogP contribution in [-0.2, 0) is 6.42 Å². The van der Waals surface area contributed by atoms with E-state index in [1.54, 1.807) is 11.0 Å². The van der Waals surface area contributed by atoms with Crippen molar-refractivity contribution in [1.82, 2.24) is 14.9 Å². The van der Waals surface area contributed by atoms with E-state index < -0.39 is 0 Å². The zero-order valence-corrected chi connectivity index (χ0v) is 16.0. The van der Waals surface area contributed by atoms with Crippen molar-refractivity contribution in [2.45, 2.75) is 45.1 Å². The van der Waals surface area contributed by atoms with Gasteiger partial charge in [0.05, 0.1) is 6.10 Å². The molecule has 1 unspecified atom stereocenters. The smallest absolute Gasteiger partial charge is 0.272 e. The van der Waals surface area contributed by atoms with Crippen LogP contribution in [0.15, 0.2) is 36.4 Å². The van der Waals surface area contributed by atoms with Gasteiger partial charge in [0, 0.05) is 18.8 Å². The second-order valence-electron chi connectivity index (χ2n) is 7.58. The molecule has 1 saturated heterocycles. The van der Waals surface area contributed by atoms with Crippen molar-refractivity contribution in [2.24, 2.45) is 5.92 Å². The van der Waals surface area contributed by atoms with Crippen molar-refractivity contribution in [3.8, 4) is 0 Å². The maximum Gasteiger partial charge on any atom is 0.272 e. The summed E-state index contributed by atoms with van der Waals surface area (Å²) in [6, 6.07) is 11.8. The molecule has 3 N–H and O–H groups in total. The Morgan fingerprint density at radius 1 is 1.22 bits per heavy atom. The number of nitrogens with two attached hydrogens (primary N) is 1. The summed E-state index contributed by atoms with van der Waals surface area (Å²) in [4.78, 5) is 22.9. The van der Waals surface area contributed by atoms with Crippen molar-refractivity contribution in [2.75, 3.05) is 18.8 Å². The average Bonchev–Trinajstić information content (AvgIpc) is 2.67. The first-order chi connectivity index (χ1) is 12.9. The molecule has 3 rings (SSSR count). The number of aliphatic hydroxyl groups is 1. The van der Waals surface area contributed by atoms with Crippen molar-refractivity contribution >= 4 is 11.9 Å². The van der Waals surface area contributed by atoms with Crippen molar-refractivity contribution in [3.05, 3.63) is 53.3 Å². The molecule has 1 aliphatic rings. The summed E-state index contributed by atoms with van der Waals surface area (Å²) in [6.45, 7) is 5.26. The fourth-order valence-electron chi connectivity index (χ4n) is 3.56. The second kappa shape index (κ2) is 8.48. The molecule has 144 valence electrons. The summed E-state index contributed by atoms with van der Waals surface area (Å²) in [5.41, 5.74) is 8.05. The quantitative estimate of drug-likeness (QED) is 0.846. The fourth-order valence-corrected chi connectivity index (χ4v) is 3.56. The number of rotatable bonds is 5. The number of nitrogen functional groups attached to an aromatic ring is 1. The van der Waals surface area contributed by atoms with Crippen LogP contribution in [-0.4, -0.2) is 45.1 Å². The normalized spacial score (nSPS) is 16.5. The summed E-state index contributed by atoms with van der Waals surface area (Å²) < 4.78 is 0. The highest BCUT2D eigenvalue weighted by Crippen LogP contribution is 2.24. The van der Waals surface area contributed by atoms with Gasteiger partial charge in [-0.15, -0.1) is 0 Å². The number of anilines is 1. The molecule has 0 radical (unpaired) electrons. The third-order valence-corrected chi connectivity index (χ3v) is 5.23. The first kappa shape index (κ1) is 19.3. The van der Waals surface area contributed by atoms with E-state index in [1.165, 1.54) is 0 Å². The molecular weight excluding hydrogens is 340 g/mol. The number of piperidine rings is 1. The van der Waals surface area contributed by atoms with E-state index in [-0.39, 0.29) is 29.8 Å². The summed E-state index contributed by atoms with van der Waals surface area (Å²) in [7, 11) is 0. The van der Waals surface area contributed by atoms with Gasteiger partial charge in [-0.05, 0) is 42.7 Å². The zero-order valence-electron chi connectivity index (χ0n) is 16.0. The molecule has 1 amide bonds. The van der Waals surface area contributed by atoms with Crippen LogP contribution < -0.4 is 5.73 Å². The van der Waals surface area contributed by atoms with Crippen molar-refractivity contribution < 1.29 is 9.90 Å². The average molecular weight is 368 g/mol. The van der Waals surface area contributed by atoms with Crippen LogP contribution in [0.1, 0.15) is 54.4 Å². The van der Waals surface area contributed by atoms with Gasteiger partial charge >= 0.3 is 0 Å². The van der Waals surface area contributed by atoms with E-state index in [0.29, 0.717) is 25.2 Å². The minimum atomic E-state index is -0.383. The molecule has 1 aliphatic heterocycles. The Morgan fingerprint density at radius 2 is 1.89 bits per heavy atom. The molecule has 6 heteroatoms. The van der Waals surface area contributed by atoms with Crippen LogP contribution in [0.2, 0.25) is 0 Å². The number of carbonyl (C=O) groups is 1. The summed E-state index contributed by atoms with van der Waals surface area (Å²) in [5.74, 6) is 0.413. The topological polar surface area (TPSA) is 92.3 Å². The fraction of sp³-hybridized carbons (Fsp3) is 0.476.